The van der Waals surface area contributed by atoms with Crippen LogP contribution in [0, 0.1) is 5.82 Å². The molecule has 0 aliphatic carbocycles. The van der Waals surface area contributed by atoms with Crippen molar-refractivity contribution in [2.24, 2.45) is 0 Å². The molecule has 0 unspecified atom stereocenters. The first-order valence-electron chi connectivity index (χ1n) is 4.46. The van der Waals surface area contributed by atoms with E-state index in [9.17, 15) is 4.39 Å². The maximum absolute atomic E-state index is 12.8. The van der Waals surface area contributed by atoms with Crippen LogP contribution in [0.4, 0.5) is 10.1 Å². The summed E-state index contributed by atoms with van der Waals surface area (Å²) in [5.74, 6) is 0.230. The first kappa shape index (κ1) is 10.6. The van der Waals surface area contributed by atoms with E-state index in [4.69, 9.17) is 4.74 Å². The molecule has 0 saturated carbocycles. The maximum atomic E-state index is 12.8. The summed E-state index contributed by atoms with van der Waals surface area (Å²) >= 11 is 0. The number of anilines is 1. The Bertz CT molecular complexity index is 323. The van der Waals surface area contributed by atoms with E-state index in [2.05, 4.69) is 5.32 Å². The summed E-state index contributed by atoms with van der Waals surface area (Å²) in [7, 11) is 1.52. The predicted octanol–water partition coefficient (Wildman–Crippen LogP) is 2.82. The molecule has 1 rings (SSSR count). The van der Waals surface area contributed by atoms with Crippen LogP contribution in [0.2, 0.25) is 0 Å². The van der Waals surface area contributed by atoms with Crippen molar-refractivity contribution in [1.82, 2.24) is 0 Å². The van der Waals surface area contributed by atoms with Crippen LogP contribution in [0.3, 0.4) is 0 Å². The van der Waals surface area contributed by atoms with Crippen LogP contribution in [0.1, 0.15) is 6.92 Å². The lowest BCUT2D eigenvalue weighted by Gasteiger charge is -2.09. The molecule has 2 nitrogen and oxygen atoms in total. The summed E-state index contributed by atoms with van der Waals surface area (Å²) in [5, 5.41) is 3.11. The fourth-order valence-corrected chi connectivity index (χ4v) is 1.10. The predicted molar refractivity (Wildman–Crippen MR) is 56.3 cm³/mol. The summed E-state index contributed by atoms with van der Waals surface area (Å²) < 4.78 is 17.8. The summed E-state index contributed by atoms with van der Waals surface area (Å²) in [4.78, 5) is 0. The number of ether oxygens (including phenoxy) is 1. The van der Waals surface area contributed by atoms with Crippen LogP contribution in [0.5, 0.6) is 5.75 Å². The van der Waals surface area contributed by atoms with Crippen molar-refractivity contribution in [3.8, 4) is 5.75 Å². The van der Waals surface area contributed by atoms with Gasteiger partial charge in [0.05, 0.1) is 12.8 Å². The van der Waals surface area contributed by atoms with Crippen molar-refractivity contribution in [3.63, 3.8) is 0 Å². The quantitative estimate of drug-likeness (QED) is 0.746. The average molecular weight is 195 g/mol. The zero-order valence-electron chi connectivity index (χ0n) is 8.38. The molecule has 0 atom stereocenters. The Kier molecular flexibility index (Phi) is 3.98. The number of halogens is 1. The molecule has 0 aromatic heterocycles. The van der Waals surface area contributed by atoms with Gasteiger partial charge in [-0.3, -0.25) is 0 Å². The Morgan fingerprint density at radius 1 is 1.50 bits per heavy atom. The zero-order valence-corrected chi connectivity index (χ0v) is 8.38. The SMILES string of the molecule is C/C=C/CNc1ccc(F)cc1OC. The van der Waals surface area contributed by atoms with E-state index in [0.29, 0.717) is 12.3 Å². The Morgan fingerprint density at radius 3 is 2.93 bits per heavy atom. The van der Waals surface area contributed by atoms with Crippen LogP contribution in [0.15, 0.2) is 30.4 Å². The fraction of sp³-hybridized carbons (Fsp3) is 0.273. The molecule has 0 spiro atoms. The number of nitrogens with one attached hydrogen (secondary N) is 1. The number of methoxy groups -OCH3 is 1. The molecule has 1 aromatic rings. The second-order valence-electron chi connectivity index (χ2n) is 2.79. The Hall–Kier alpha value is -1.51. The molecule has 0 aliphatic heterocycles. The van der Waals surface area contributed by atoms with Crippen molar-refractivity contribution < 1.29 is 9.13 Å². The molecule has 0 amide bonds. The number of benzene rings is 1. The van der Waals surface area contributed by atoms with Gasteiger partial charge in [-0.05, 0) is 19.1 Å². The molecule has 0 radical (unpaired) electrons. The van der Waals surface area contributed by atoms with Crippen molar-refractivity contribution in [2.75, 3.05) is 19.0 Å². The highest BCUT2D eigenvalue weighted by Crippen LogP contribution is 2.24. The minimum atomic E-state index is -0.293. The molecule has 0 aliphatic rings. The molecular weight excluding hydrogens is 181 g/mol. The highest BCUT2D eigenvalue weighted by atomic mass is 19.1. The largest absolute Gasteiger partial charge is 0.494 e. The summed E-state index contributed by atoms with van der Waals surface area (Å²) in [6.45, 7) is 2.65. The van der Waals surface area contributed by atoms with E-state index >= 15 is 0 Å². The van der Waals surface area contributed by atoms with E-state index in [0.717, 1.165) is 5.69 Å². The summed E-state index contributed by atoms with van der Waals surface area (Å²) in [6.07, 6.45) is 3.92. The van der Waals surface area contributed by atoms with Gasteiger partial charge >= 0.3 is 0 Å². The van der Waals surface area contributed by atoms with Crippen LogP contribution < -0.4 is 10.1 Å². The lowest BCUT2D eigenvalue weighted by atomic mass is 10.3. The van der Waals surface area contributed by atoms with Crippen molar-refractivity contribution in [3.05, 3.63) is 36.2 Å². The molecule has 14 heavy (non-hydrogen) atoms. The van der Waals surface area contributed by atoms with Gasteiger partial charge in [0, 0.05) is 12.6 Å². The summed E-state index contributed by atoms with van der Waals surface area (Å²) in [6, 6.07) is 4.43. The minimum Gasteiger partial charge on any atom is -0.494 e. The lowest BCUT2D eigenvalue weighted by molar-refractivity contribution is 0.413. The topological polar surface area (TPSA) is 21.3 Å². The van der Waals surface area contributed by atoms with Gasteiger partial charge in [0.15, 0.2) is 0 Å². The van der Waals surface area contributed by atoms with Crippen LogP contribution >= 0.6 is 0 Å². The van der Waals surface area contributed by atoms with E-state index in [1.165, 1.54) is 19.2 Å². The van der Waals surface area contributed by atoms with Gasteiger partial charge in [-0.25, -0.2) is 4.39 Å². The fourth-order valence-electron chi connectivity index (χ4n) is 1.10. The smallest absolute Gasteiger partial charge is 0.144 e. The van der Waals surface area contributed by atoms with E-state index in [-0.39, 0.29) is 5.82 Å². The standard InChI is InChI=1S/C11H14FNO/c1-3-4-7-13-10-6-5-9(12)8-11(10)14-2/h3-6,8,13H,7H2,1-2H3/b4-3+. The third-order valence-corrected chi connectivity index (χ3v) is 1.81. The van der Waals surface area contributed by atoms with Gasteiger partial charge in [-0.1, -0.05) is 12.2 Å². The minimum absolute atomic E-state index is 0.293. The third-order valence-electron chi connectivity index (χ3n) is 1.81. The Labute approximate surface area is 83.4 Å². The highest BCUT2D eigenvalue weighted by molar-refractivity contribution is 5.56. The normalized spacial score (nSPS) is 10.5. The summed E-state index contributed by atoms with van der Waals surface area (Å²) in [5.41, 5.74) is 0.798. The molecular formula is C11H14FNO. The molecule has 1 aromatic carbocycles. The van der Waals surface area contributed by atoms with Gasteiger partial charge in [0.25, 0.3) is 0 Å². The molecule has 0 fully saturated rings. The number of rotatable bonds is 4. The van der Waals surface area contributed by atoms with Gasteiger partial charge in [-0.15, -0.1) is 0 Å². The molecule has 3 heteroatoms. The third kappa shape index (κ3) is 2.76. The van der Waals surface area contributed by atoms with E-state index < -0.39 is 0 Å². The Balaban J connectivity index is 2.74. The molecule has 0 bridgehead atoms. The van der Waals surface area contributed by atoms with Gasteiger partial charge in [-0.2, -0.15) is 0 Å². The maximum Gasteiger partial charge on any atom is 0.144 e. The first-order chi connectivity index (χ1) is 6.77. The molecule has 76 valence electrons. The monoisotopic (exact) mass is 195 g/mol. The van der Waals surface area contributed by atoms with Crippen molar-refractivity contribution in [1.29, 1.82) is 0 Å². The second-order valence-corrected chi connectivity index (χ2v) is 2.79. The Morgan fingerprint density at radius 2 is 2.29 bits per heavy atom. The number of hydrogen-bond acceptors (Lipinski definition) is 2. The average Bonchev–Trinajstić information content (AvgIpc) is 2.20. The molecule has 0 heterocycles. The second kappa shape index (κ2) is 5.27. The van der Waals surface area contributed by atoms with Crippen molar-refractivity contribution >= 4 is 5.69 Å². The van der Waals surface area contributed by atoms with Crippen molar-refractivity contribution in [2.45, 2.75) is 6.92 Å². The van der Waals surface area contributed by atoms with Crippen LogP contribution in [-0.2, 0) is 0 Å². The zero-order chi connectivity index (χ0) is 10.4. The lowest BCUT2D eigenvalue weighted by Crippen LogP contribution is -2.00. The van der Waals surface area contributed by atoms with Crippen LogP contribution in [0.25, 0.3) is 0 Å². The first-order valence-corrected chi connectivity index (χ1v) is 4.46. The van der Waals surface area contributed by atoms with Gasteiger partial charge in [0.2, 0.25) is 0 Å². The molecule has 0 saturated heterocycles. The van der Waals surface area contributed by atoms with Gasteiger partial charge < -0.3 is 10.1 Å². The van der Waals surface area contributed by atoms with Crippen LogP contribution in [-0.4, -0.2) is 13.7 Å². The molecule has 1 N–H and O–H groups in total. The highest BCUT2D eigenvalue weighted by Gasteiger charge is 2.02. The van der Waals surface area contributed by atoms with E-state index in [1.807, 2.05) is 19.1 Å². The number of hydrogen-bond donors (Lipinski definition) is 1. The number of allylic oxidation sites excluding steroid dienone is 1. The van der Waals surface area contributed by atoms with E-state index in [1.54, 1.807) is 6.07 Å². The van der Waals surface area contributed by atoms with Gasteiger partial charge in [0.1, 0.15) is 11.6 Å².